The third kappa shape index (κ3) is 2.28. The van der Waals surface area contributed by atoms with Crippen molar-refractivity contribution in [2.24, 2.45) is 5.73 Å². The molecule has 0 aliphatic carbocycles. The molecular weight excluding hydrogens is 324 g/mol. The zero-order valence-corrected chi connectivity index (χ0v) is 13.6. The first-order valence-electron chi connectivity index (χ1n) is 7.33. The zero-order valence-electron chi connectivity index (χ0n) is 12.8. The largest absolute Gasteiger partial charge is 0.366 e. The summed E-state index contributed by atoms with van der Waals surface area (Å²) in [5.41, 5.74) is 7.68. The van der Waals surface area contributed by atoms with E-state index in [0.717, 1.165) is 10.4 Å². The molecule has 3 aromatic rings. The molecule has 3 aromatic heterocycles. The monoisotopic (exact) mass is 338 g/mol. The Bertz CT molecular complexity index is 929. The first kappa shape index (κ1) is 14.6. The molecule has 4 rings (SSSR count). The van der Waals surface area contributed by atoms with E-state index in [4.69, 9.17) is 5.73 Å². The lowest BCUT2D eigenvalue weighted by Crippen LogP contribution is -2.31. The Balaban J connectivity index is 1.88. The molecule has 120 valence electrons. The number of fused-ring (bicyclic) bond motifs is 1. The van der Waals surface area contributed by atoms with Gasteiger partial charge in [-0.15, -0.1) is 16.4 Å². The van der Waals surface area contributed by atoms with E-state index in [1.165, 1.54) is 0 Å². The smallest absolute Gasteiger partial charge is 0.248 e. The van der Waals surface area contributed by atoms with Gasteiger partial charge in [0.2, 0.25) is 11.9 Å². The lowest BCUT2D eigenvalue weighted by molar-refractivity contribution is -0.115. The van der Waals surface area contributed by atoms with Crippen molar-refractivity contribution in [1.82, 2.24) is 19.7 Å². The van der Waals surface area contributed by atoms with Crippen molar-refractivity contribution >= 4 is 23.2 Å². The van der Waals surface area contributed by atoms with E-state index >= 15 is 0 Å². The maximum absolute atomic E-state index is 12.0. The van der Waals surface area contributed by atoms with Crippen molar-refractivity contribution in [2.45, 2.75) is 13.0 Å². The van der Waals surface area contributed by atoms with Crippen molar-refractivity contribution in [3.8, 4) is 11.4 Å². The molecule has 0 aromatic carbocycles. The highest BCUT2D eigenvalue weighted by molar-refractivity contribution is 7.10. The number of hydrogen-bond donors (Lipinski definition) is 2. The van der Waals surface area contributed by atoms with Gasteiger partial charge < -0.3 is 11.1 Å². The fourth-order valence-corrected chi connectivity index (χ4v) is 3.62. The van der Waals surface area contributed by atoms with Crippen molar-refractivity contribution < 1.29 is 4.79 Å². The predicted octanol–water partition coefficient (Wildman–Crippen LogP) is 2.18. The van der Waals surface area contributed by atoms with Crippen LogP contribution in [0.1, 0.15) is 17.8 Å². The van der Waals surface area contributed by atoms with E-state index in [1.54, 1.807) is 28.4 Å². The van der Waals surface area contributed by atoms with E-state index in [9.17, 15) is 4.79 Å². The number of amides is 1. The van der Waals surface area contributed by atoms with Gasteiger partial charge in [-0.3, -0.25) is 9.78 Å². The topological polar surface area (TPSA) is 98.7 Å². The number of carbonyl (C=O) groups is 1. The van der Waals surface area contributed by atoms with Crippen LogP contribution in [0.5, 0.6) is 0 Å². The average molecular weight is 338 g/mol. The Kier molecular flexibility index (Phi) is 3.39. The number of nitrogens with two attached hydrogens (primary N) is 1. The number of thiophene rings is 1. The number of pyridine rings is 1. The number of rotatable bonds is 3. The second kappa shape index (κ2) is 5.57. The van der Waals surface area contributed by atoms with Crippen LogP contribution >= 0.6 is 11.3 Å². The lowest BCUT2D eigenvalue weighted by Gasteiger charge is -2.26. The fourth-order valence-electron chi connectivity index (χ4n) is 2.80. The summed E-state index contributed by atoms with van der Waals surface area (Å²) in [4.78, 5) is 21.6. The number of aromatic nitrogens is 4. The molecule has 8 heteroatoms. The van der Waals surface area contributed by atoms with Crippen molar-refractivity contribution in [3.05, 3.63) is 58.2 Å². The lowest BCUT2D eigenvalue weighted by atomic mass is 10.0. The molecule has 0 bridgehead atoms. The van der Waals surface area contributed by atoms with Crippen molar-refractivity contribution in [2.75, 3.05) is 5.32 Å². The summed E-state index contributed by atoms with van der Waals surface area (Å²) < 4.78 is 1.72. The van der Waals surface area contributed by atoms with Gasteiger partial charge in [0.1, 0.15) is 6.04 Å². The molecule has 0 spiro atoms. The second-order valence-corrected chi connectivity index (χ2v) is 6.36. The number of nitrogens with one attached hydrogen (secondary N) is 1. The van der Waals surface area contributed by atoms with Crippen LogP contribution in [0.3, 0.4) is 0 Å². The quantitative estimate of drug-likeness (QED) is 0.762. The minimum absolute atomic E-state index is 0.373. The molecule has 0 saturated heterocycles. The molecule has 0 fully saturated rings. The van der Waals surface area contributed by atoms with Crippen LogP contribution in [-0.2, 0) is 4.79 Å². The number of carbonyl (C=O) groups excluding carboxylic acids is 1. The number of nitrogens with zero attached hydrogens (tertiary/aromatic N) is 4. The van der Waals surface area contributed by atoms with E-state index < -0.39 is 5.91 Å². The minimum atomic E-state index is -0.468. The summed E-state index contributed by atoms with van der Waals surface area (Å²) in [6.45, 7) is 1.82. The number of allylic oxidation sites excluding steroid dienone is 1. The van der Waals surface area contributed by atoms with Gasteiger partial charge in [0.15, 0.2) is 5.82 Å². The average Bonchev–Trinajstić information content (AvgIpc) is 3.23. The highest BCUT2D eigenvalue weighted by Crippen LogP contribution is 2.37. The molecule has 0 saturated carbocycles. The normalized spacial score (nSPS) is 16.6. The van der Waals surface area contributed by atoms with E-state index in [1.807, 2.05) is 36.6 Å². The van der Waals surface area contributed by atoms with Gasteiger partial charge in [-0.05, 0) is 30.5 Å². The number of hydrogen-bond acceptors (Lipinski definition) is 6. The summed E-state index contributed by atoms with van der Waals surface area (Å²) in [5, 5.41) is 9.70. The summed E-state index contributed by atoms with van der Waals surface area (Å²) in [6.07, 6.45) is 3.38. The van der Waals surface area contributed by atoms with Gasteiger partial charge in [-0.1, -0.05) is 6.07 Å². The Morgan fingerprint density at radius 2 is 2.12 bits per heavy atom. The predicted molar refractivity (Wildman–Crippen MR) is 91.2 cm³/mol. The molecule has 1 aliphatic rings. The summed E-state index contributed by atoms with van der Waals surface area (Å²) in [7, 11) is 0. The highest BCUT2D eigenvalue weighted by Gasteiger charge is 2.33. The zero-order chi connectivity index (χ0) is 16.7. The first-order chi connectivity index (χ1) is 11.6. The van der Waals surface area contributed by atoms with Gasteiger partial charge in [0.05, 0.1) is 5.57 Å². The molecule has 1 atom stereocenters. The molecule has 1 aliphatic heterocycles. The Labute approximate surface area is 141 Å². The molecule has 3 N–H and O–H groups in total. The first-order valence-corrected chi connectivity index (χ1v) is 8.21. The van der Waals surface area contributed by atoms with Gasteiger partial charge in [-0.2, -0.15) is 4.98 Å². The fraction of sp³-hybridized carbons (Fsp3) is 0.125. The highest BCUT2D eigenvalue weighted by atomic mass is 32.1. The molecule has 7 nitrogen and oxygen atoms in total. The number of anilines is 1. The van der Waals surface area contributed by atoms with Crippen LogP contribution in [0.2, 0.25) is 0 Å². The van der Waals surface area contributed by atoms with Gasteiger partial charge in [0.25, 0.3) is 0 Å². The van der Waals surface area contributed by atoms with E-state index in [2.05, 4.69) is 20.4 Å². The Hall–Kier alpha value is -3.00. The number of primary amides is 1. The van der Waals surface area contributed by atoms with Crippen LogP contribution in [-0.4, -0.2) is 25.7 Å². The third-order valence-electron chi connectivity index (χ3n) is 3.87. The summed E-state index contributed by atoms with van der Waals surface area (Å²) in [6, 6.07) is 7.22. The molecule has 24 heavy (non-hydrogen) atoms. The van der Waals surface area contributed by atoms with Gasteiger partial charge >= 0.3 is 0 Å². The minimum Gasteiger partial charge on any atom is -0.366 e. The molecule has 1 amide bonds. The maximum atomic E-state index is 12.0. The van der Waals surface area contributed by atoms with Crippen LogP contribution < -0.4 is 11.1 Å². The van der Waals surface area contributed by atoms with Crippen LogP contribution in [0, 0.1) is 0 Å². The second-order valence-electron chi connectivity index (χ2n) is 5.39. The van der Waals surface area contributed by atoms with Gasteiger partial charge in [-0.25, -0.2) is 4.68 Å². The van der Waals surface area contributed by atoms with E-state index in [0.29, 0.717) is 23.0 Å². The standard InChI is InChI=1S/C16H14N6OS/c1-9-12(14(17)23)13(11-3-2-8-24-11)22-16(19-9)20-15(21-22)10-4-6-18-7-5-10/h2-8,13H,1H3,(H2,17,23)(H,19,20,21)/t13-/m0/s1. The molecule has 0 unspecified atom stereocenters. The summed E-state index contributed by atoms with van der Waals surface area (Å²) >= 11 is 1.55. The Morgan fingerprint density at radius 3 is 2.79 bits per heavy atom. The third-order valence-corrected chi connectivity index (χ3v) is 4.79. The molecule has 4 heterocycles. The van der Waals surface area contributed by atoms with Gasteiger partial charge in [0, 0.05) is 28.5 Å². The van der Waals surface area contributed by atoms with E-state index in [-0.39, 0.29) is 6.04 Å². The van der Waals surface area contributed by atoms with Crippen LogP contribution in [0.15, 0.2) is 53.3 Å². The van der Waals surface area contributed by atoms with Crippen molar-refractivity contribution in [3.63, 3.8) is 0 Å². The maximum Gasteiger partial charge on any atom is 0.248 e. The molecule has 0 radical (unpaired) electrons. The Morgan fingerprint density at radius 1 is 1.33 bits per heavy atom. The van der Waals surface area contributed by atoms with Crippen LogP contribution in [0.25, 0.3) is 11.4 Å². The summed E-state index contributed by atoms with van der Waals surface area (Å²) in [5.74, 6) is 0.688. The SMILES string of the molecule is CC1=C(C(N)=O)[C@H](c2cccs2)n2nc(-c3ccncc3)nc2N1. The van der Waals surface area contributed by atoms with Crippen LogP contribution in [0.4, 0.5) is 5.95 Å². The molecular formula is C16H14N6OS. The van der Waals surface area contributed by atoms with Crippen molar-refractivity contribution in [1.29, 1.82) is 0 Å².